The summed E-state index contributed by atoms with van der Waals surface area (Å²) in [6, 6.07) is 7.14. The number of ether oxygens (including phenoxy) is 1. The van der Waals surface area contributed by atoms with E-state index in [4.69, 9.17) is 0 Å². The molecule has 0 amide bonds. The van der Waals surface area contributed by atoms with E-state index in [1.807, 2.05) is 12.1 Å². The molecule has 0 bridgehead atoms. The van der Waals surface area contributed by atoms with Crippen LogP contribution >= 0.6 is 0 Å². The van der Waals surface area contributed by atoms with Crippen LogP contribution in [0.3, 0.4) is 0 Å². The van der Waals surface area contributed by atoms with Gasteiger partial charge < -0.3 is 4.74 Å². The molecule has 0 atom stereocenters. The molecule has 1 aromatic carbocycles. The molecule has 0 aliphatic rings. The monoisotopic (exact) mass is 232 g/mol. The standard InChI is InChI=1S/C11H12N4O2/c1-15-13-10(12-14-15)7-8-3-5-9(6-4-8)11(16)17-2/h3-6H,7H2,1-2H3. The smallest absolute Gasteiger partial charge is 0.337 e. The number of carbonyl (C=O) groups excluding carboxylic acids is 1. The molecule has 2 rings (SSSR count). The maximum absolute atomic E-state index is 11.2. The number of aromatic nitrogens is 4. The van der Waals surface area contributed by atoms with Crippen molar-refractivity contribution in [2.45, 2.75) is 6.42 Å². The summed E-state index contributed by atoms with van der Waals surface area (Å²) < 4.78 is 4.62. The topological polar surface area (TPSA) is 69.9 Å². The second-order valence-electron chi connectivity index (χ2n) is 3.56. The Balaban J connectivity index is 2.10. The quantitative estimate of drug-likeness (QED) is 0.724. The Morgan fingerprint density at radius 1 is 1.35 bits per heavy atom. The summed E-state index contributed by atoms with van der Waals surface area (Å²) in [7, 11) is 3.08. The molecule has 6 nitrogen and oxygen atoms in total. The number of carbonyl (C=O) groups is 1. The van der Waals surface area contributed by atoms with Gasteiger partial charge in [-0.25, -0.2) is 4.79 Å². The van der Waals surface area contributed by atoms with Gasteiger partial charge in [0, 0.05) is 6.42 Å². The minimum atomic E-state index is -0.339. The predicted molar refractivity (Wildman–Crippen MR) is 59.4 cm³/mol. The van der Waals surface area contributed by atoms with E-state index in [1.165, 1.54) is 11.9 Å². The van der Waals surface area contributed by atoms with Gasteiger partial charge in [0.25, 0.3) is 0 Å². The van der Waals surface area contributed by atoms with Crippen LogP contribution in [0.25, 0.3) is 0 Å². The summed E-state index contributed by atoms with van der Waals surface area (Å²) in [4.78, 5) is 12.6. The van der Waals surface area contributed by atoms with Crippen LogP contribution in [0.1, 0.15) is 21.7 Å². The van der Waals surface area contributed by atoms with E-state index in [2.05, 4.69) is 20.1 Å². The number of benzene rings is 1. The van der Waals surface area contributed by atoms with Crippen LogP contribution in [0.15, 0.2) is 24.3 Å². The van der Waals surface area contributed by atoms with Crippen molar-refractivity contribution in [1.82, 2.24) is 20.2 Å². The molecular weight excluding hydrogens is 220 g/mol. The van der Waals surface area contributed by atoms with Crippen molar-refractivity contribution in [3.05, 3.63) is 41.2 Å². The van der Waals surface area contributed by atoms with Crippen molar-refractivity contribution in [2.24, 2.45) is 7.05 Å². The Morgan fingerprint density at radius 3 is 2.59 bits per heavy atom. The first kappa shape index (κ1) is 11.3. The molecule has 0 radical (unpaired) electrons. The number of esters is 1. The third-order valence-electron chi connectivity index (χ3n) is 2.29. The molecular formula is C11H12N4O2. The Kier molecular flexibility index (Phi) is 3.13. The van der Waals surface area contributed by atoms with E-state index in [9.17, 15) is 4.79 Å². The van der Waals surface area contributed by atoms with Crippen LogP contribution in [0, 0.1) is 0 Å². The van der Waals surface area contributed by atoms with E-state index in [0.29, 0.717) is 17.8 Å². The first-order valence-electron chi connectivity index (χ1n) is 5.09. The minimum Gasteiger partial charge on any atom is -0.465 e. The molecule has 0 aliphatic carbocycles. The summed E-state index contributed by atoms with van der Waals surface area (Å²) in [6.07, 6.45) is 0.593. The maximum Gasteiger partial charge on any atom is 0.337 e. The van der Waals surface area contributed by atoms with Gasteiger partial charge in [-0.05, 0) is 22.9 Å². The summed E-state index contributed by atoms with van der Waals surface area (Å²) in [5, 5.41) is 11.7. The van der Waals surface area contributed by atoms with Crippen LogP contribution in [-0.4, -0.2) is 33.3 Å². The van der Waals surface area contributed by atoms with E-state index in [1.54, 1.807) is 19.2 Å². The summed E-state index contributed by atoms with van der Waals surface area (Å²) in [5.41, 5.74) is 1.55. The fourth-order valence-electron chi connectivity index (χ4n) is 1.45. The number of hydrogen-bond acceptors (Lipinski definition) is 5. The van der Waals surface area contributed by atoms with Crippen molar-refractivity contribution in [3.63, 3.8) is 0 Å². The molecule has 1 heterocycles. The zero-order valence-corrected chi connectivity index (χ0v) is 9.62. The van der Waals surface area contributed by atoms with E-state index < -0.39 is 0 Å². The lowest BCUT2D eigenvalue weighted by atomic mass is 10.1. The first-order chi connectivity index (χ1) is 8.19. The molecule has 0 N–H and O–H groups in total. The van der Waals surface area contributed by atoms with Gasteiger partial charge in [-0.15, -0.1) is 10.2 Å². The summed E-state index contributed by atoms with van der Waals surface area (Å²) in [5.74, 6) is 0.312. The number of nitrogens with zero attached hydrogens (tertiary/aromatic N) is 4. The Morgan fingerprint density at radius 2 is 2.06 bits per heavy atom. The van der Waals surface area contributed by atoms with Crippen LogP contribution in [0.4, 0.5) is 0 Å². The van der Waals surface area contributed by atoms with Crippen LogP contribution in [-0.2, 0) is 18.2 Å². The highest BCUT2D eigenvalue weighted by Gasteiger charge is 2.06. The van der Waals surface area contributed by atoms with Gasteiger partial charge in [-0.2, -0.15) is 4.80 Å². The van der Waals surface area contributed by atoms with Crippen molar-refractivity contribution in [2.75, 3.05) is 7.11 Å². The normalized spacial score (nSPS) is 10.2. The largest absolute Gasteiger partial charge is 0.465 e. The zero-order chi connectivity index (χ0) is 12.3. The Labute approximate surface area is 98.2 Å². The fraction of sp³-hybridized carbons (Fsp3) is 0.273. The van der Waals surface area contributed by atoms with Gasteiger partial charge in [-0.1, -0.05) is 12.1 Å². The average Bonchev–Trinajstić information content (AvgIpc) is 2.75. The number of methoxy groups -OCH3 is 1. The van der Waals surface area contributed by atoms with Crippen LogP contribution < -0.4 is 0 Å². The van der Waals surface area contributed by atoms with E-state index >= 15 is 0 Å². The van der Waals surface area contributed by atoms with Gasteiger partial charge in [0.15, 0.2) is 5.82 Å². The van der Waals surface area contributed by atoms with E-state index in [0.717, 1.165) is 5.56 Å². The molecule has 1 aromatic heterocycles. The second kappa shape index (κ2) is 4.73. The van der Waals surface area contributed by atoms with Crippen LogP contribution in [0.2, 0.25) is 0 Å². The molecule has 0 spiro atoms. The molecule has 2 aromatic rings. The van der Waals surface area contributed by atoms with Crippen molar-refractivity contribution < 1.29 is 9.53 Å². The highest BCUT2D eigenvalue weighted by Crippen LogP contribution is 2.08. The lowest BCUT2D eigenvalue weighted by Crippen LogP contribution is -2.01. The SMILES string of the molecule is COC(=O)c1ccc(Cc2nnn(C)n2)cc1. The third-order valence-corrected chi connectivity index (χ3v) is 2.29. The van der Waals surface area contributed by atoms with Crippen molar-refractivity contribution >= 4 is 5.97 Å². The zero-order valence-electron chi connectivity index (χ0n) is 9.62. The van der Waals surface area contributed by atoms with Gasteiger partial charge in [0.2, 0.25) is 0 Å². The number of tetrazole rings is 1. The Hall–Kier alpha value is -2.24. The highest BCUT2D eigenvalue weighted by molar-refractivity contribution is 5.89. The van der Waals surface area contributed by atoms with E-state index in [-0.39, 0.29) is 5.97 Å². The molecule has 0 fully saturated rings. The second-order valence-corrected chi connectivity index (χ2v) is 3.56. The molecule has 17 heavy (non-hydrogen) atoms. The number of aryl methyl sites for hydroxylation is 1. The molecule has 6 heteroatoms. The maximum atomic E-state index is 11.2. The molecule has 0 unspecified atom stereocenters. The summed E-state index contributed by atoms with van der Waals surface area (Å²) in [6.45, 7) is 0. The van der Waals surface area contributed by atoms with Crippen LogP contribution in [0.5, 0.6) is 0 Å². The first-order valence-corrected chi connectivity index (χ1v) is 5.09. The number of hydrogen-bond donors (Lipinski definition) is 0. The highest BCUT2D eigenvalue weighted by atomic mass is 16.5. The van der Waals surface area contributed by atoms with Gasteiger partial charge >= 0.3 is 5.97 Å². The number of rotatable bonds is 3. The van der Waals surface area contributed by atoms with Crippen molar-refractivity contribution in [3.8, 4) is 0 Å². The minimum absolute atomic E-state index is 0.339. The lowest BCUT2D eigenvalue weighted by Gasteiger charge is -2.00. The van der Waals surface area contributed by atoms with Gasteiger partial charge in [0.05, 0.1) is 19.7 Å². The molecule has 0 saturated heterocycles. The summed E-state index contributed by atoms with van der Waals surface area (Å²) >= 11 is 0. The van der Waals surface area contributed by atoms with Gasteiger partial charge in [0.1, 0.15) is 0 Å². The third kappa shape index (κ3) is 2.66. The molecule has 88 valence electrons. The van der Waals surface area contributed by atoms with Gasteiger partial charge in [-0.3, -0.25) is 0 Å². The predicted octanol–water partition coefficient (Wildman–Crippen LogP) is 0.587. The lowest BCUT2D eigenvalue weighted by molar-refractivity contribution is 0.0600. The van der Waals surface area contributed by atoms with Crippen molar-refractivity contribution in [1.29, 1.82) is 0 Å². The Bertz CT molecular complexity index is 519. The molecule has 0 saturated carbocycles. The molecule has 0 aliphatic heterocycles. The average molecular weight is 232 g/mol. The fourth-order valence-corrected chi connectivity index (χ4v) is 1.45.